The molecule has 7 heteroatoms. The summed E-state index contributed by atoms with van der Waals surface area (Å²) in [6, 6.07) is 9.91. The molecule has 3 heterocycles. The molecule has 0 amide bonds. The highest BCUT2D eigenvalue weighted by molar-refractivity contribution is 7.16. The molecule has 0 radical (unpaired) electrons. The molecule has 0 bridgehead atoms. The highest BCUT2D eigenvalue weighted by Crippen LogP contribution is 2.28. The number of furan rings is 1. The van der Waals surface area contributed by atoms with Crippen LogP contribution in [0.25, 0.3) is 16.4 Å². The van der Waals surface area contributed by atoms with Gasteiger partial charge in [0.25, 0.3) is 0 Å². The first-order valence-electron chi connectivity index (χ1n) is 7.01. The number of aliphatic hydroxyl groups is 1. The first-order valence-corrected chi connectivity index (χ1v) is 7.83. The maximum atomic E-state index is 13.0. The zero-order valence-electron chi connectivity index (χ0n) is 11.9. The lowest BCUT2D eigenvalue weighted by Crippen LogP contribution is -1.97. The molecule has 116 valence electrons. The van der Waals surface area contributed by atoms with Crippen LogP contribution in [0.4, 0.5) is 4.39 Å². The number of halogens is 1. The maximum Gasteiger partial charge on any atom is 0.213 e. The lowest BCUT2D eigenvalue weighted by atomic mass is 10.2. The van der Waals surface area contributed by atoms with E-state index in [1.54, 1.807) is 35.0 Å². The average molecular weight is 329 g/mol. The van der Waals surface area contributed by atoms with Crippen molar-refractivity contribution in [2.24, 2.45) is 0 Å². The van der Waals surface area contributed by atoms with Gasteiger partial charge in [0.1, 0.15) is 22.2 Å². The van der Waals surface area contributed by atoms with Crippen molar-refractivity contribution in [2.75, 3.05) is 0 Å². The van der Waals surface area contributed by atoms with Crippen molar-refractivity contribution in [1.29, 1.82) is 0 Å². The second-order valence-electron chi connectivity index (χ2n) is 5.04. The number of rotatable bonds is 4. The molecular weight excluding hydrogens is 317 g/mol. The highest BCUT2D eigenvalue weighted by atomic mass is 32.1. The van der Waals surface area contributed by atoms with Crippen LogP contribution in [0, 0.1) is 5.82 Å². The van der Waals surface area contributed by atoms with E-state index < -0.39 is 0 Å². The molecule has 0 saturated heterocycles. The van der Waals surface area contributed by atoms with E-state index in [9.17, 15) is 9.50 Å². The van der Waals surface area contributed by atoms with Gasteiger partial charge in [-0.3, -0.25) is 0 Å². The van der Waals surface area contributed by atoms with E-state index in [1.165, 1.54) is 23.5 Å². The van der Waals surface area contributed by atoms with Crippen molar-refractivity contribution in [1.82, 2.24) is 14.6 Å². The molecule has 0 aliphatic heterocycles. The van der Waals surface area contributed by atoms with Crippen LogP contribution in [0.2, 0.25) is 0 Å². The molecule has 4 aromatic rings. The number of hydrogen-bond acceptors (Lipinski definition) is 5. The summed E-state index contributed by atoms with van der Waals surface area (Å²) in [7, 11) is 0. The number of aliphatic hydroxyl groups excluding tert-OH is 1. The average Bonchev–Trinajstić information content (AvgIpc) is 3.24. The molecule has 3 aromatic heterocycles. The van der Waals surface area contributed by atoms with Gasteiger partial charge >= 0.3 is 0 Å². The molecule has 0 unspecified atom stereocenters. The molecule has 23 heavy (non-hydrogen) atoms. The zero-order valence-corrected chi connectivity index (χ0v) is 12.8. The minimum Gasteiger partial charge on any atom is -0.463 e. The Morgan fingerprint density at radius 3 is 2.74 bits per heavy atom. The van der Waals surface area contributed by atoms with Crippen molar-refractivity contribution in [3.8, 4) is 11.5 Å². The SMILES string of the molecule is OCc1c(-c2ccco2)nc2sc(Cc3ccc(F)cc3)nn12. The number of nitrogens with zero attached hydrogens (tertiary/aromatic N) is 3. The van der Waals surface area contributed by atoms with Gasteiger partial charge in [0, 0.05) is 6.42 Å². The van der Waals surface area contributed by atoms with Gasteiger partial charge < -0.3 is 9.52 Å². The van der Waals surface area contributed by atoms with Gasteiger partial charge in [0.2, 0.25) is 4.96 Å². The Balaban J connectivity index is 1.71. The van der Waals surface area contributed by atoms with E-state index in [2.05, 4.69) is 10.1 Å². The van der Waals surface area contributed by atoms with Gasteiger partial charge in [0.05, 0.1) is 12.9 Å². The summed E-state index contributed by atoms with van der Waals surface area (Å²) in [5.41, 5.74) is 2.17. The highest BCUT2D eigenvalue weighted by Gasteiger charge is 2.19. The van der Waals surface area contributed by atoms with Crippen LogP contribution in [0.5, 0.6) is 0 Å². The number of hydrogen-bond donors (Lipinski definition) is 1. The molecule has 0 aliphatic carbocycles. The molecule has 4 rings (SSSR count). The third-order valence-electron chi connectivity index (χ3n) is 3.51. The van der Waals surface area contributed by atoms with Crippen LogP contribution in [-0.2, 0) is 13.0 Å². The van der Waals surface area contributed by atoms with Crippen molar-refractivity contribution < 1.29 is 13.9 Å². The van der Waals surface area contributed by atoms with E-state index in [1.807, 2.05) is 0 Å². The summed E-state index contributed by atoms with van der Waals surface area (Å²) in [5.74, 6) is 0.347. The molecule has 0 aliphatic rings. The first kappa shape index (κ1) is 14.1. The number of fused-ring (bicyclic) bond motifs is 1. The summed E-state index contributed by atoms with van der Waals surface area (Å²) in [6.45, 7) is -0.184. The summed E-state index contributed by atoms with van der Waals surface area (Å²) in [6.07, 6.45) is 2.16. The second-order valence-corrected chi connectivity index (χ2v) is 6.08. The van der Waals surface area contributed by atoms with Crippen LogP contribution >= 0.6 is 11.3 Å². The molecule has 0 spiro atoms. The maximum absolute atomic E-state index is 13.0. The second kappa shape index (κ2) is 5.60. The Labute approximate surface area is 134 Å². The summed E-state index contributed by atoms with van der Waals surface area (Å²) < 4.78 is 19.9. The van der Waals surface area contributed by atoms with Crippen molar-refractivity contribution in [3.63, 3.8) is 0 Å². The summed E-state index contributed by atoms with van der Waals surface area (Å²) in [4.78, 5) is 5.20. The van der Waals surface area contributed by atoms with Crippen molar-refractivity contribution >= 4 is 16.3 Å². The molecule has 5 nitrogen and oxygen atoms in total. The minimum atomic E-state index is -0.256. The van der Waals surface area contributed by atoms with Gasteiger partial charge in [0.15, 0.2) is 5.76 Å². The van der Waals surface area contributed by atoms with E-state index in [0.29, 0.717) is 28.5 Å². The smallest absolute Gasteiger partial charge is 0.213 e. The van der Waals surface area contributed by atoms with Crippen LogP contribution < -0.4 is 0 Å². The monoisotopic (exact) mass is 329 g/mol. The van der Waals surface area contributed by atoms with Gasteiger partial charge in [-0.05, 0) is 29.8 Å². The van der Waals surface area contributed by atoms with Crippen LogP contribution in [0.1, 0.15) is 16.3 Å². The van der Waals surface area contributed by atoms with Crippen LogP contribution in [-0.4, -0.2) is 19.7 Å². The predicted octanol–water partition coefficient (Wildman–Crippen LogP) is 3.27. The summed E-state index contributed by atoms with van der Waals surface area (Å²) in [5, 5.41) is 15.0. The largest absolute Gasteiger partial charge is 0.463 e. The Kier molecular flexibility index (Phi) is 3.44. The molecule has 1 aromatic carbocycles. The molecule has 0 saturated carbocycles. The van der Waals surface area contributed by atoms with Crippen molar-refractivity contribution in [3.05, 3.63) is 64.7 Å². The Morgan fingerprint density at radius 1 is 1.22 bits per heavy atom. The number of benzene rings is 1. The lowest BCUT2D eigenvalue weighted by Gasteiger charge is -1.98. The Hall–Kier alpha value is -2.51. The minimum absolute atomic E-state index is 0.184. The lowest BCUT2D eigenvalue weighted by molar-refractivity contribution is 0.274. The van der Waals surface area contributed by atoms with E-state index in [0.717, 1.165) is 10.6 Å². The normalized spacial score (nSPS) is 11.4. The fourth-order valence-corrected chi connectivity index (χ4v) is 3.38. The predicted molar refractivity (Wildman–Crippen MR) is 83.7 cm³/mol. The van der Waals surface area contributed by atoms with Crippen molar-refractivity contribution in [2.45, 2.75) is 13.0 Å². The quantitative estimate of drug-likeness (QED) is 0.624. The van der Waals surface area contributed by atoms with Gasteiger partial charge in [-0.25, -0.2) is 13.9 Å². The molecular formula is C16H12FN3O2S. The third-order valence-corrected chi connectivity index (χ3v) is 4.42. The van der Waals surface area contributed by atoms with E-state index in [4.69, 9.17) is 4.42 Å². The van der Waals surface area contributed by atoms with Gasteiger partial charge in [-0.15, -0.1) is 0 Å². The Bertz CT molecular complexity index is 942. The first-order chi connectivity index (χ1) is 11.2. The third kappa shape index (κ3) is 2.54. The molecule has 1 N–H and O–H groups in total. The van der Waals surface area contributed by atoms with E-state index in [-0.39, 0.29) is 12.4 Å². The standard InChI is InChI=1S/C16H12FN3O2S/c17-11-5-3-10(4-6-11)8-14-19-20-12(9-21)15(18-16(20)23-14)13-2-1-7-22-13/h1-7,21H,8-9H2. The van der Waals surface area contributed by atoms with Gasteiger partial charge in [-0.1, -0.05) is 23.5 Å². The molecule has 0 atom stereocenters. The fraction of sp³-hybridized carbons (Fsp3) is 0.125. The summed E-state index contributed by atoms with van der Waals surface area (Å²) >= 11 is 1.44. The topological polar surface area (TPSA) is 63.6 Å². The number of aromatic nitrogens is 3. The molecule has 0 fully saturated rings. The van der Waals surface area contributed by atoms with Crippen LogP contribution in [0.3, 0.4) is 0 Å². The van der Waals surface area contributed by atoms with E-state index >= 15 is 0 Å². The fourth-order valence-electron chi connectivity index (χ4n) is 2.43. The Morgan fingerprint density at radius 2 is 2.04 bits per heavy atom. The number of imidazole rings is 1. The van der Waals surface area contributed by atoms with Gasteiger partial charge in [-0.2, -0.15) is 5.10 Å². The van der Waals surface area contributed by atoms with Crippen LogP contribution in [0.15, 0.2) is 47.1 Å². The zero-order chi connectivity index (χ0) is 15.8.